The number of benzene rings is 1. The lowest BCUT2D eigenvalue weighted by molar-refractivity contribution is 0.158. The fourth-order valence-electron chi connectivity index (χ4n) is 2.16. The Morgan fingerprint density at radius 1 is 1.43 bits per heavy atom. The minimum Gasteiger partial charge on any atom is -0.396 e. The Morgan fingerprint density at radius 3 is 2.67 bits per heavy atom. The molecule has 0 radical (unpaired) electrons. The average Bonchev–Trinajstić information content (AvgIpc) is 2.77. The van der Waals surface area contributed by atoms with Gasteiger partial charge in [0.15, 0.2) is 0 Å². The number of aliphatic hydroxyl groups excluding tert-OH is 1. The summed E-state index contributed by atoms with van der Waals surface area (Å²) >= 11 is 0. The molecule has 1 aromatic carbocycles. The molecular formula is C15H21N3O3. The molecule has 2 rings (SSSR count). The van der Waals surface area contributed by atoms with E-state index >= 15 is 0 Å². The van der Waals surface area contributed by atoms with Crippen molar-refractivity contribution in [3.8, 4) is 0 Å². The van der Waals surface area contributed by atoms with E-state index < -0.39 is 11.5 Å². The zero-order chi connectivity index (χ0) is 15.5. The Bertz CT molecular complexity index is 530. The van der Waals surface area contributed by atoms with E-state index in [0.29, 0.717) is 18.9 Å². The number of anilines is 1. The van der Waals surface area contributed by atoms with Crippen molar-refractivity contribution in [2.45, 2.75) is 13.3 Å². The molecule has 1 aliphatic heterocycles. The second-order valence-corrected chi connectivity index (χ2v) is 5.60. The van der Waals surface area contributed by atoms with Gasteiger partial charge in [0, 0.05) is 20.7 Å². The van der Waals surface area contributed by atoms with Crippen LogP contribution in [-0.4, -0.2) is 49.2 Å². The molecule has 6 nitrogen and oxygen atoms in total. The molecule has 1 unspecified atom stereocenters. The van der Waals surface area contributed by atoms with E-state index in [0.717, 1.165) is 5.69 Å². The zero-order valence-electron chi connectivity index (χ0n) is 12.6. The maximum Gasteiger partial charge on any atom is 0.415 e. The molecule has 0 saturated carbocycles. The summed E-state index contributed by atoms with van der Waals surface area (Å²) in [5, 5.41) is 15.5. The first kappa shape index (κ1) is 15.3. The lowest BCUT2D eigenvalue weighted by atomic mass is 9.87. The van der Waals surface area contributed by atoms with Crippen molar-refractivity contribution in [1.29, 1.82) is 0 Å². The summed E-state index contributed by atoms with van der Waals surface area (Å²) in [6.07, 6.45) is 0.0170. The summed E-state index contributed by atoms with van der Waals surface area (Å²) in [5.74, 6) is 0.346. The van der Waals surface area contributed by atoms with Crippen LogP contribution in [0, 0.1) is 5.41 Å². The number of carbonyl (C=O) groups is 1. The quantitative estimate of drug-likeness (QED) is 0.924. The smallest absolute Gasteiger partial charge is 0.396 e. The highest BCUT2D eigenvalue weighted by molar-refractivity contribution is 5.94. The number of hydrogen-bond donors (Lipinski definition) is 1. The highest BCUT2D eigenvalue weighted by Gasteiger charge is 2.41. The molecule has 0 spiro atoms. The second-order valence-electron chi connectivity index (χ2n) is 5.60. The fourth-order valence-corrected chi connectivity index (χ4v) is 2.16. The van der Waals surface area contributed by atoms with E-state index in [1.54, 1.807) is 19.1 Å². The van der Waals surface area contributed by atoms with Crippen LogP contribution in [0.1, 0.15) is 13.3 Å². The van der Waals surface area contributed by atoms with Crippen molar-refractivity contribution in [2.75, 3.05) is 32.3 Å². The van der Waals surface area contributed by atoms with Crippen molar-refractivity contribution < 1.29 is 14.6 Å². The van der Waals surface area contributed by atoms with E-state index in [1.807, 2.05) is 37.3 Å². The number of aliphatic hydroxyl groups is 1. The summed E-state index contributed by atoms with van der Waals surface area (Å²) in [6, 6.07) is 9.68. The minimum absolute atomic E-state index is 0.0116. The van der Waals surface area contributed by atoms with Gasteiger partial charge in [-0.05, 0) is 25.5 Å². The van der Waals surface area contributed by atoms with Crippen molar-refractivity contribution in [3.63, 3.8) is 0 Å². The highest BCUT2D eigenvalue weighted by Crippen LogP contribution is 2.34. The molecule has 0 aliphatic carbocycles. The van der Waals surface area contributed by atoms with Crippen molar-refractivity contribution in [2.24, 2.45) is 10.5 Å². The van der Waals surface area contributed by atoms with Gasteiger partial charge in [0.05, 0.1) is 17.6 Å². The van der Waals surface area contributed by atoms with Crippen LogP contribution >= 0.6 is 0 Å². The molecule has 1 aliphatic rings. The summed E-state index contributed by atoms with van der Waals surface area (Å²) in [6.45, 7) is 2.51. The standard InChI is InChI=1S/C15H21N3O3/c1-15(9-10-19)11-18(12-7-5-4-6-8-12)16-13(15)21-14(20)17(2)3/h4-8,19H,9-11H2,1-3H3. The molecule has 1 N–H and O–H groups in total. The molecule has 6 heteroatoms. The van der Waals surface area contributed by atoms with Crippen LogP contribution in [0.3, 0.4) is 0 Å². The van der Waals surface area contributed by atoms with Crippen molar-refractivity contribution in [3.05, 3.63) is 30.3 Å². The van der Waals surface area contributed by atoms with Gasteiger partial charge in [-0.15, -0.1) is 5.10 Å². The minimum atomic E-state index is -0.490. The molecular weight excluding hydrogens is 270 g/mol. The molecule has 1 amide bonds. The largest absolute Gasteiger partial charge is 0.415 e. The number of carbonyl (C=O) groups excluding carboxylic acids is 1. The SMILES string of the molecule is CN(C)C(=O)OC1=NN(c2ccccc2)CC1(C)CCO. The summed E-state index contributed by atoms with van der Waals surface area (Å²) in [7, 11) is 3.24. The Labute approximate surface area is 124 Å². The Hall–Kier alpha value is -2.08. The van der Waals surface area contributed by atoms with E-state index in [9.17, 15) is 9.90 Å². The number of nitrogens with zero attached hydrogens (tertiary/aromatic N) is 3. The molecule has 0 aromatic heterocycles. The van der Waals surface area contributed by atoms with Gasteiger partial charge in [0.25, 0.3) is 0 Å². The Balaban J connectivity index is 2.25. The predicted octanol–water partition coefficient (Wildman–Crippen LogP) is 1.91. The number of hydrazone groups is 1. The summed E-state index contributed by atoms with van der Waals surface area (Å²) < 4.78 is 5.38. The molecule has 21 heavy (non-hydrogen) atoms. The maximum absolute atomic E-state index is 11.8. The lowest BCUT2D eigenvalue weighted by Gasteiger charge is -2.25. The molecule has 1 heterocycles. The highest BCUT2D eigenvalue weighted by atomic mass is 16.6. The van der Waals surface area contributed by atoms with Gasteiger partial charge in [0.1, 0.15) is 0 Å². The van der Waals surface area contributed by atoms with Crippen LogP contribution in [0.25, 0.3) is 0 Å². The zero-order valence-corrected chi connectivity index (χ0v) is 12.6. The van der Waals surface area contributed by atoms with Gasteiger partial charge in [0.2, 0.25) is 5.90 Å². The Morgan fingerprint density at radius 2 is 2.10 bits per heavy atom. The lowest BCUT2D eigenvalue weighted by Crippen LogP contribution is -2.36. The second kappa shape index (κ2) is 6.13. The number of ether oxygens (including phenoxy) is 1. The van der Waals surface area contributed by atoms with Gasteiger partial charge in [-0.2, -0.15) is 0 Å². The normalized spacial score (nSPS) is 21.1. The van der Waals surface area contributed by atoms with Gasteiger partial charge in [-0.25, -0.2) is 4.79 Å². The number of para-hydroxylation sites is 1. The van der Waals surface area contributed by atoms with Crippen LogP contribution in [0.2, 0.25) is 0 Å². The van der Waals surface area contributed by atoms with E-state index in [4.69, 9.17) is 4.74 Å². The molecule has 0 bridgehead atoms. The average molecular weight is 291 g/mol. The molecule has 1 aromatic rings. The van der Waals surface area contributed by atoms with Gasteiger partial charge in [-0.3, -0.25) is 5.01 Å². The fraction of sp³-hybridized carbons (Fsp3) is 0.467. The molecule has 0 saturated heterocycles. The molecule has 114 valence electrons. The summed E-state index contributed by atoms with van der Waals surface area (Å²) in [4.78, 5) is 13.1. The van der Waals surface area contributed by atoms with E-state index in [2.05, 4.69) is 5.10 Å². The molecule has 0 fully saturated rings. The third-order valence-electron chi connectivity index (χ3n) is 3.49. The van der Waals surface area contributed by atoms with E-state index in [-0.39, 0.29) is 6.61 Å². The van der Waals surface area contributed by atoms with Crippen LogP contribution in [0.15, 0.2) is 35.4 Å². The topological polar surface area (TPSA) is 65.4 Å². The third-order valence-corrected chi connectivity index (χ3v) is 3.49. The van der Waals surface area contributed by atoms with Crippen LogP contribution in [0.4, 0.5) is 10.5 Å². The first-order valence-electron chi connectivity index (χ1n) is 6.88. The van der Waals surface area contributed by atoms with Gasteiger partial charge >= 0.3 is 6.09 Å². The van der Waals surface area contributed by atoms with Crippen LogP contribution in [0.5, 0.6) is 0 Å². The third kappa shape index (κ3) is 3.33. The van der Waals surface area contributed by atoms with Gasteiger partial charge < -0.3 is 14.7 Å². The predicted molar refractivity (Wildman–Crippen MR) is 81.2 cm³/mol. The number of amides is 1. The Kier molecular flexibility index (Phi) is 4.47. The number of hydrogen-bond acceptors (Lipinski definition) is 5. The number of rotatable bonds is 3. The van der Waals surface area contributed by atoms with Gasteiger partial charge in [-0.1, -0.05) is 18.2 Å². The monoisotopic (exact) mass is 291 g/mol. The summed E-state index contributed by atoms with van der Waals surface area (Å²) in [5.41, 5.74) is 0.438. The first-order valence-corrected chi connectivity index (χ1v) is 6.88. The van der Waals surface area contributed by atoms with E-state index in [1.165, 1.54) is 4.90 Å². The first-order chi connectivity index (χ1) is 9.96. The van der Waals surface area contributed by atoms with Crippen LogP contribution < -0.4 is 5.01 Å². The van der Waals surface area contributed by atoms with Crippen molar-refractivity contribution in [1.82, 2.24) is 4.90 Å². The van der Waals surface area contributed by atoms with Crippen molar-refractivity contribution >= 4 is 17.7 Å². The maximum atomic E-state index is 11.8. The van der Waals surface area contributed by atoms with Crippen LogP contribution in [-0.2, 0) is 4.74 Å². The molecule has 1 atom stereocenters.